The first kappa shape index (κ1) is 16.6. The number of rotatable bonds is 5. The summed E-state index contributed by atoms with van der Waals surface area (Å²) >= 11 is 6.05. The van der Waals surface area contributed by atoms with Crippen LogP contribution in [0.5, 0.6) is 11.5 Å². The molecule has 0 saturated heterocycles. The highest BCUT2D eigenvalue weighted by Crippen LogP contribution is 2.35. The summed E-state index contributed by atoms with van der Waals surface area (Å²) in [4.78, 5) is 12.1. The minimum Gasteiger partial charge on any atom is -0.454 e. The van der Waals surface area contributed by atoms with Crippen LogP contribution in [-0.2, 0) is 16.8 Å². The third-order valence-corrected chi connectivity index (χ3v) is 4.30. The molecule has 1 aliphatic heterocycles. The predicted octanol–water partition coefficient (Wildman–Crippen LogP) is 2.64. The quantitative estimate of drug-likeness (QED) is 0.872. The van der Waals surface area contributed by atoms with Crippen LogP contribution < -0.4 is 14.8 Å². The molecule has 0 fully saturated rings. The lowest BCUT2D eigenvalue weighted by Crippen LogP contribution is -2.39. The highest BCUT2D eigenvalue weighted by molar-refractivity contribution is 6.31. The number of amides is 1. The maximum Gasteiger partial charge on any atom is 0.231 e. The van der Waals surface area contributed by atoms with E-state index in [-0.39, 0.29) is 25.7 Å². The van der Waals surface area contributed by atoms with Crippen LogP contribution in [0.15, 0.2) is 42.5 Å². The van der Waals surface area contributed by atoms with Crippen LogP contribution in [-0.4, -0.2) is 24.4 Å². The topological polar surface area (TPSA) is 67.8 Å². The highest BCUT2D eigenvalue weighted by Gasteiger charge is 2.26. The zero-order chi connectivity index (χ0) is 17.2. The molecule has 0 bridgehead atoms. The first-order chi connectivity index (χ1) is 11.5. The van der Waals surface area contributed by atoms with E-state index in [4.69, 9.17) is 21.1 Å². The summed E-state index contributed by atoms with van der Waals surface area (Å²) in [6.07, 6.45) is 0.164. The minimum atomic E-state index is -1.23. The van der Waals surface area contributed by atoms with Gasteiger partial charge in [0.25, 0.3) is 0 Å². The van der Waals surface area contributed by atoms with Gasteiger partial charge in [-0.2, -0.15) is 0 Å². The Hall–Kier alpha value is -2.24. The molecule has 1 aliphatic rings. The Bertz CT molecular complexity index is 760. The Labute approximate surface area is 145 Å². The molecule has 24 heavy (non-hydrogen) atoms. The lowest BCUT2D eigenvalue weighted by atomic mass is 9.95. The standard InChI is InChI=1S/C18H18ClNO4/c1-18(22,13-6-7-15-16(9-13)24-11-23-15)10-20-17(21)8-12-4-2-3-5-14(12)19/h2-7,9,22H,8,10-11H2,1H3,(H,20,21)/t18-/m1/s1. The molecule has 1 amide bonds. The number of halogens is 1. The van der Waals surface area contributed by atoms with Gasteiger partial charge in [-0.05, 0) is 36.2 Å². The Morgan fingerprint density at radius 3 is 2.79 bits per heavy atom. The molecule has 0 unspecified atom stereocenters. The molecule has 0 spiro atoms. The molecule has 2 aromatic rings. The third kappa shape index (κ3) is 3.63. The monoisotopic (exact) mass is 347 g/mol. The van der Waals surface area contributed by atoms with E-state index in [0.29, 0.717) is 22.1 Å². The molecule has 1 atom stereocenters. The lowest BCUT2D eigenvalue weighted by molar-refractivity contribution is -0.121. The number of carbonyl (C=O) groups excluding carboxylic acids is 1. The third-order valence-electron chi connectivity index (χ3n) is 3.93. The number of nitrogens with one attached hydrogen (secondary N) is 1. The molecule has 5 nitrogen and oxygen atoms in total. The predicted molar refractivity (Wildman–Crippen MR) is 90.3 cm³/mol. The number of fused-ring (bicyclic) bond motifs is 1. The number of aliphatic hydroxyl groups is 1. The fraction of sp³-hybridized carbons (Fsp3) is 0.278. The number of ether oxygens (including phenoxy) is 2. The summed E-state index contributed by atoms with van der Waals surface area (Å²) < 4.78 is 10.6. The van der Waals surface area contributed by atoms with E-state index in [9.17, 15) is 9.90 Å². The second kappa shape index (κ2) is 6.71. The largest absolute Gasteiger partial charge is 0.454 e. The molecule has 1 heterocycles. The summed E-state index contributed by atoms with van der Waals surface area (Å²) in [6.45, 7) is 1.89. The van der Waals surface area contributed by atoms with Gasteiger partial charge >= 0.3 is 0 Å². The Morgan fingerprint density at radius 2 is 2.00 bits per heavy atom. The molecular weight excluding hydrogens is 330 g/mol. The van der Waals surface area contributed by atoms with Crippen molar-refractivity contribution in [2.75, 3.05) is 13.3 Å². The van der Waals surface area contributed by atoms with Crippen LogP contribution in [0.3, 0.4) is 0 Å². The summed E-state index contributed by atoms with van der Waals surface area (Å²) in [5.74, 6) is 1.04. The van der Waals surface area contributed by atoms with Crippen molar-refractivity contribution in [2.24, 2.45) is 0 Å². The van der Waals surface area contributed by atoms with Crippen LogP contribution in [0.2, 0.25) is 5.02 Å². The molecule has 6 heteroatoms. The number of hydrogen-bond acceptors (Lipinski definition) is 4. The molecule has 0 saturated carbocycles. The number of hydrogen-bond donors (Lipinski definition) is 2. The number of carbonyl (C=O) groups is 1. The van der Waals surface area contributed by atoms with Gasteiger partial charge in [0.15, 0.2) is 11.5 Å². The van der Waals surface area contributed by atoms with Crippen molar-refractivity contribution in [3.05, 3.63) is 58.6 Å². The van der Waals surface area contributed by atoms with E-state index in [0.717, 1.165) is 5.56 Å². The fourth-order valence-corrected chi connectivity index (χ4v) is 2.68. The van der Waals surface area contributed by atoms with Crippen molar-refractivity contribution >= 4 is 17.5 Å². The van der Waals surface area contributed by atoms with E-state index in [1.807, 2.05) is 12.1 Å². The SMILES string of the molecule is C[C@@](O)(CNC(=O)Cc1ccccc1Cl)c1ccc2c(c1)OCO2. The average Bonchev–Trinajstić information content (AvgIpc) is 3.03. The lowest BCUT2D eigenvalue weighted by Gasteiger charge is -2.24. The van der Waals surface area contributed by atoms with Crippen molar-refractivity contribution in [2.45, 2.75) is 18.9 Å². The van der Waals surface area contributed by atoms with Gasteiger partial charge in [0.1, 0.15) is 5.60 Å². The molecule has 126 valence electrons. The number of benzene rings is 2. The van der Waals surface area contributed by atoms with Crippen LogP contribution >= 0.6 is 11.6 Å². The zero-order valence-electron chi connectivity index (χ0n) is 13.2. The minimum absolute atomic E-state index is 0.0793. The van der Waals surface area contributed by atoms with Gasteiger partial charge in [-0.3, -0.25) is 4.79 Å². The molecule has 0 radical (unpaired) electrons. The van der Waals surface area contributed by atoms with Gasteiger partial charge in [-0.15, -0.1) is 0 Å². The molecule has 2 N–H and O–H groups in total. The van der Waals surface area contributed by atoms with Gasteiger partial charge in [-0.1, -0.05) is 35.9 Å². The van der Waals surface area contributed by atoms with E-state index in [1.165, 1.54) is 0 Å². The molecular formula is C18H18ClNO4. The molecule has 3 rings (SSSR count). The van der Waals surface area contributed by atoms with E-state index < -0.39 is 5.60 Å². The molecule has 0 aliphatic carbocycles. The second-order valence-corrected chi connectivity index (χ2v) is 6.29. The first-order valence-corrected chi connectivity index (χ1v) is 7.96. The van der Waals surface area contributed by atoms with Crippen molar-refractivity contribution in [1.82, 2.24) is 5.32 Å². The van der Waals surface area contributed by atoms with Gasteiger partial charge in [-0.25, -0.2) is 0 Å². The van der Waals surface area contributed by atoms with Crippen molar-refractivity contribution in [1.29, 1.82) is 0 Å². The highest BCUT2D eigenvalue weighted by atomic mass is 35.5. The Kier molecular flexibility index (Phi) is 4.64. The smallest absolute Gasteiger partial charge is 0.231 e. The van der Waals surface area contributed by atoms with Gasteiger partial charge < -0.3 is 19.9 Å². The van der Waals surface area contributed by atoms with Crippen LogP contribution in [0, 0.1) is 0 Å². The van der Waals surface area contributed by atoms with Crippen LogP contribution in [0.25, 0.3) is 0 Å². The Balaban J connectivity index is 1.62. The maximum absolute atomic E-state index is 12.1. The fourth-order valence-electron chi connectivity index (χ4n) is 2.48. The second-order valence-electron chi connectivity index (χ2n) is 5.89. The Morgan fingerprint density at radius 1 is 1.25 bits per heavy atom. The normalized spacial score (nSPS) is 15.0. The average molecular weight is 348 g/mol. The first-order valence-electron chi connectivity index (χ1n) is 7.58. The van der Waals surface area contributed by atoms with E-state index in [2.05, 4.69) is 5.32 Å². The van der Waals surface area contributed by atoms with E-state index >= 15 is 0 Å². The van der Waals surface area contributed by atoms with Crippen molar-refractivity contribution in [3.63, 3.8) is 0 Å². The van der Waals surface area contributed by atoms with Crippen LogP contribution in [0.4, 0.5) is 0 Å². The van der Waals surface area contributed by atoms with Gasteiger partial charge in [0, 0.05) is 5.02 Å². The van der Waals surface area contributed by atoms with Crippen molar-refractivity contribution in [3.8, 4) is 11.5 Å². The summed E-state index contributed by atoms with van der Waals surface area (Å²) in [5, 5.41) is 13.9. The summed E-state index contributed by atoms with van der Waals surface area (Å²) in [6, 6.07) is 12.4. The zero-order valence-corrected chi connectivity index (χ0v) is 14.0. The summed E-state index contributed by atoms with van der Waals surface area (Å²) in [5.41, 5.74) is 0.168. The van der Waals surface area contributed by atoms with Crippen molar-refractivity contribution < 1.29 is 19.4 Å². The maximum atomic E-state index is 12.1. The molecule has 0 aromatic heterocycles. The van der Waals surface area contributed by atoms with Gasteiger partial charge in [0.2, 0.25) is 12.7 Å². The van der Waals surface area contributed by atoms with E-state index in [1.54, 1.807) is 37.3 Å². The van der Waals surface area contributed by atoms with Crippen LogP contribution in [0.1, 0.15) is 18.1 Å². The molecule has 2 aromatic carbocycles. The van der Waals surface area contributed by atoms with Gasteiger partial charge in [0.05, 0.1) is 13.0 Å². The summed E-state index contributed by atoms with van der Waals surface area (Å²) in [7, 11) is 0.